The highest BCUT2D eigenvalue weighted by molar-refractivity contribution is 5.18. The predicted molar refractivity (Wildman–Crippen MR) is 122 cm³/mol. The van der Waals surface area contributed by atoms with Crippen LogP contribution >= 0.6 is 0 Å². The van der Waals surface area contributed by atoms with E-state index in [1.54, 1.807) is 12.0 Å². The highest BCUT2D eigenvalue weighted by Gasteiger charge is 2.60. The highest BCUT2D eigenvalue weighted by Crippen LogP contribution is 2.68. The molecule has 0 bridgehead atoms. The molecule has 0 aromatic heterocycles. The lowest BCUT2D eigenvalue weighted by atomic mass is 9.44. The van der Waals surface area contributed by atoms with Crippen molar-refractivity contribution in [3.05, 3.63) is 11.6 Å². The Labute approximate surface area is 176 Å². The fourth-order valence-electron chi connectivity index (χ4n) is 9.34. The van der Waals surface area contributed by atoms with E-state index < -0.39 is 0 Å². The Kier molecular flexibility index (Phi) is 5.83. The molecule has 0 heteroatoms. The lowest BCUT2D eigenvalue weighted by molar-refractivity contribution is -0.0980. The van der Waals surface area contributed by atoms with E-state index in [4.69, 9.17) is 0 Å². The van der Waals surface area contributed by atoms with Gasteiger partial charge in [-0.25, -0.2) is 0 Å². The van der Waals surface area contributed by atoms with Crippen LogP contribution in [0.4, 0.5) is 0 Å². The maximum Gasteiger partial charge on any atom is -0.0149 e. The van der Waals surface area contributed by atoms with Crippen molar-refractivity contribution in [2.45, 2.75) is 112 Å². The molecule has 8 atom stereocenters. The van der Waals surface area contributed by atoms with Crippen LogP contribution in [-0.4, -0.2) is 0 Å². The van der Waals surface area contributed by atoms with E-state index in [9.17, 15) is 0 Å². The van der Waals surface area contributed by atoms with Crippen LogP contribution in [0.15, 0.2) is 11.6 Å². The summed E-state index contributed by atoms with van der Waals surface area (Å²) in [6.07, 6.45) is 18.9. The van der Waals surface area contributed by atoms with Crippen molar-refractivity contribution >= 4 is 0 Å². The van der Waals surface area contributed by atoms with Crippen LogP contribution in [0, 0.1) is 52.3 Å². The number of hydrogen-bond donors (Lipinski definition) is 0. The van der Waals surface area contributed by atoms with Crippen molar-refractivity contribution in [3.63, 3.8) is 0 Å². The maximum absolute atomic E-state index is 2.74. The molecule has 4 aliphatic carbocycles. The van der Waals surface area contributed by atoms with Gasteiger partial charge >= 0.3 is 0 Å². The maximum atomic E-state index is 2.74. The molecule has 28 heavy (non-hydrogen) atoms. The van der Waals surface area contributed by atoms with Crippen molar-refractivity contribution in [3.8, 4) is 0 Å². The molecular weight excluding hydrogens is 336 g/mol. The fourth-order valence-corrected chi connectivity index (χ4v) is 9.34. The van der Waals surface area contributed by atoms with E-state index in [2.05, 4.69) is 47.6 Å². The summed E-state index contributed by atoms with van der Waals surface area (Å²) in [7, 11) is 0. The van der Waals surface area contributed by atoms with Gasteiger partial charge in [0.2, 0.25) is 0 Å². The molecule has 4 rings (SSSR count). The van der Waals surface area contributed by atoms with Gasteiger partial charge in [0.25, 0.3) is 0 Å². The first kappa shape index (κ1) is 21.0. The molecule has 0 aromatic carbocycles. The van der Waals surface area contributed by atoms with Crippen LogP contribution in [0.1, 0.15) is 112 Å². The van der Waals surface area contributed by atoms with E-state index in [1.807, 2.05) is 0 Å². The molecule has 0 nitrogen and oxygen atoms in total. The Morgan fingerprint density at radius 3 is 2.39 bits per heavy atom. The second kappa shape index (κ2) is 7.77. The summed E-state index contributed by atoms with van der Waals surface area (Å²) in [5.74, 6) is 6.81. The van der Waals surface area contributed by atoms with Gasteiger partial charge in [-0.05, 0) is 111 Å². The normalized spacial score (nSPS) is 46.5. The molecule has 3 saturated carbocycles. The standard InChI is InChI=1S/C28H48/c1-19(2)9-7-10-20(3)24-14-15-25-22-12-13-23-21(4)11-8-17-27(23,5)26(22)16-18-28(24,25)6/h11,19-20,22-26H,7-10,12-18H2,1-6H3/t20-,22+,23+,24-,25+,26+,27+,28-/m1/s1. The topological polar surface area (TPSA) is 0 Å². The largest absolute Gasteiger partial charge is 0.0853 e. The third kappa shape index (κ3) is 3.33. The second-order valence-corrected chi connectivity index (χ2v) is 12.5. The lowest BCUT2D eigenvalue weighted by Gasteiger charge is -2.60. The zero-order valence-corrected chi connectivity index (χ0v) is 19.9. The average Bonchev–Trinajstić information content (AvgIpc) is 2.98. The Hall–Kier alpha value is -0.260. The Balaban J connectivity index is 1.48. The second-order valence-electron chi connectivity index (χ2n) is 12.5. The van der Waals surface area contributed by atoms with Crippen molar-refractivity contribution in [1.82, 2.24) is 0 Å². The first-order valence-electron chi connectivity index (χ1n) is 12.9. The summed E-state index contributed by atoms with van der Waals surface area (Å²) in [6, 6.07) is 0. The molecule has 0 radical (unpaired) electrons. The average molecular weight is 385 g/mol. The van der Waals surface area contributed by atoms with Crippen LogP contribution in [0.2, 0.25) is 0 Å². The predicted octanol–water partition coefficient (Wildman–Crippen LogP) is 8.66. The van der Waals surface area contributed by atoms with Gasteiger partial charge in [-0.1, -0.05) is 65.5 Å². The molecule has 160 valence electrons. The third-order valence-electron chi connectivity index (χ3n) is 10.8. The van der Waals surface area contributed by atoms with E-state index in [1.165, 1.54) is 64.2 Å². The molecule has 4 aliphatic rings. The van der Waals surface area contributed by atoms with Crippen molar-refractivity contribution in [2.75, 3.05) is 0 Å². The molecular formula is C28H48. The molecule has 0 spiro atoms. The van der Waals surface area contributed by atoms with Crippen LogP contribution < -0.4 is 0 Å². The summed E-state index contributed by atoms with van der Waals surface area (Å²) in [4.78, 5) is 0. The minimum atomic E-state index is 0.615. The van der Waals surface area contributed by atoms with Gasteiger partial charge in [-0.15, -0.1) is 0 Å². The van der Waals surface area contributed by atoms with Gasteiger partial charge in [0.05, 0.1) is 0 Å². The fraction of sp³-hybridized carbons (Fsp3) is 0.929. The van der Waals surface area contributed by atoms with Gasteiger partial charge in [0, 0.05) is 0 Å². The number of fused-ring (bicyclic) bond motifs is 5. The van der Waals surface area contributed by atoms with Crippen LogP contribution in [0.5, 0.6) is 0 Å². The molecule has 0 saturated heterocycles. The monoisotopic (exact) mass is 384 g/mol. The Morgan fingerprint density at radius 2 is 1.64 bits per heavy atom. The minimum absolute atomic E-state index is 0.615. The molecule has 0 N–H and O–H groups in total. The molecule has 0 amide bonds. The molecule has 0 aliphatic heterocycles. The van der Waals surface area contributed by atoms with Gasteiger partial charge in [-0.2, -0.15) is 0 Å². The number of allylic oxidation sites excluding steroid dienone is 2. The first-order valence-corrected chi connectivity index (χ1v) is 12.9. The minimum Gasteiger partial charge on any atom is -0.0853 e. The van der Waals surface area contributed by atoms with E-state index >= 15 is 0 Å². The summed E-state index contributed by atoms with van der Waals surface area (Å²) >= 11 is 0. The van der Waals surface area contributed by atoms with Gasteiger partial charge in [-0.3, -0.25) is 0 Å². The Bertz CT molecular complexity index is 585. The SMILES string of the molecule is CC1=CCC[C@@]2(C)[C@H]1CC[C@@H]1[C@@H]2CC[C@]2(C)[C@@H]([C@H](C)CCCC(C)C)CC[C@@H]12. The summed E-state index contributed by atoms with van der Waals surface area (Å²) in [6.45, 7) is 15.3. The van der Waals surface area contributed by atoms with Gasteiger partial charge < -0.3 is 0 Å². The van der Waals surface area contributed by atoms with E-state index in [0.717, 1.165) is 41.4 Å². The Morgan fingerprint density at radius 1 is 0.893 bits per heavy atom. The van der Waals surface area contributed by atoms with Crippen LogP contribution in [0.3, 0.4) is 0 Å². The molecule has 0 unspecified atom stereocenters. The molecule has 3 fully saturated rings. The van der Waals surface area contributed by atoms with Crippen LogP contribution in [0.25, 0.3) is 0 Å². The highest BCUT2D eigenvalue weighted by atomic mass is 14.6. The number of hydrogen-bond acceptors (Lipinski definition) is 0. The quantitative estimate of drug-likeness (QED) is 0.416. The van der Waals surface area contributed by atoms with Crippen LogP contribution in [-0.2, 0) is 0 Å². The molecule has 0 aromatic rings. The van der Waals surface area contributed by atoms with E-state index in [0.29, 0.717) is 10.8 Å². The van der Waals surface area contributed by atoms with Gasteiger partial charge in [0.1, 0.15) is 0 Å². The zero-order chi connectivity index (χ0) is 20.1. The summed E-state index contributed by atoms with van der Waals surface area (Å²) < 4.78 is 0. The summed E-state index contributed by atoms with van der Waals surface area (Å²) in [5.41, 5.74) is 3.01. The zero-order valence-electron chi connectivity index (χ0n) is 19.9. The van der Waals surface area contributed by atoms with Crippen molar-refractivity contribution in [1.29, 1.82) is 0 Å². The smallest absolute Gasteiger partial charge is 0.0149 e. The van der Waals surface area contributed by atoms with E-state index in [-0.39, 0.29) is 0 Å². The third-order valence-corrected chi connectivity index (χ3v) is 10.8. The summed E-state index contributed by atoms with van der Waals surface area (Å²) in [5, 5.41) is 0. The lowest BCUT2D eigenvalue weighted by Crippen LogP contribution is -2.53. The van der Waals surface area contributed by atoms with Crippen molar-refractivity contribution in [2.24, 2.45) is 52.3 Å². The molecule has 0 heterocycles. The number of rotatable bonds is 5. The first-order chi connectivity index (χ1) is 13.3. The van der Waals surface area contributed by atoms with Crippen molar-refractivity contribution < 1.29 is 0 Å². The van der Waals surface area contributed by atoms with Gasteiger partial charge in [0.15, 0.2) is 0 Å².